The highest BCUT2D eigenvalue weighted by Gasteiger charge is 2.19. The molecule has 1 aromatic heterocycles. The summed E-state index contributed by atoms with van der Waals surface area (Å²) >= 11 is 0. The van der Waals surface area contributed by atoms with E-state index in [4.69, 9.17) is 0 Å². The lowest BCUT2D eigenvalue weighted by molar-refractivity contribution is 0.0828. The number of carbonyl (C=O) groups is 1. The van der Waals surface area contributed by atoms with Crippen LogP contribution >= 0.6 is 0 Å². The van der Waals surface area contributed by atoms with Crippen molar-refractivity contribution in [2.45, 2.75) is 6.42 Å². The minimum atomic E-state index is -0.0455. The quantitative estimate of drug-likeness (QED) is 0.714. The number of benzene rings is 1. The lowest BCUT2D eigenvalue weighted by Gasteiger charge is -2.36. The number of amides is 1. The smallest absolute Gasteiger partial charge is 0.257 e. The largest absolute Gasteiger partial charge is 0.506 e. The number of anilines is 2. The normalized spacial score (nSPS) is 14.7. The number of phenols is 1. The Bertz CT molecular complexity index is 788. The van der Waals surface area contributed by atoms with Crippen LogP contribution in [0.25, 0.3) is 0 Å². The molecule has 2 N–H and O–H groups in total. The van der Waals surface area contributed by atoms with Crippen molar-refractivity contribution in [3.05, 3.63) is 48.2 Å². The van der Waals surface area contributed by atoms with Crippen LogP contribution in [-0.4, -0.2) is 79.2 Å². The molecule has 2 heterocycles. The van der Waals surface area contributed by atoms with Crippen LogP contribution in [0.5, 0.6) is 5.75 Å². The van der Waals surface area contributed by atoms with Gasteiger partial charge in [0.05, 0.1) is 11.3 Å². The molecule has 28 heavy (non-hydrogen) atoms. The second kappa shape index (κ2) is 9.41. The third-order valence-corrected chi connectivity index (χ3v) is 4.98. The van der Waals surface area contributed by atoms with Crippen molar-refractivity contribution in [1.82, 2.24) is 14.8 Å². The zero-order valence-electron chi connectivity index (χ0n) is 16.6. The van der Waals surface area contributed by atoms with Gasteiger partial charge in [0.15, 0.2) is 0 Å². The van der Waals surface area contributed by atoms with Gasteiger partial charge < -0.3 is 20.2 Å². The summed E-state index contributed by atoms with van der Waals surface area (Å²) in [6.45, 7) is 5.53. The van der Waals surface area contributed by atoms with Crippen molar-refractivity contribution >= 4 is 17.4 Å². The van der Waals surface area contributed by atoms with Gasteiger partial charge in [-0.25, -0.2) is 4.98 Å². The van der Waals surface area contributed by atoms with E-state index in [0.717, 1.165) is 51.4 Å². The van der Waals surface area contributed by atoms with Crippen molar-refractivity contribution in [1.29, 1.82) is 0 Å². The first kappa shape index (κ1) is 19.9. The Kier molecular flexibility index (Phi) is 6.71. The van der Waals surface area contributed by atoms with Gasteiger partial charge in [0.25, 0.3) is 5.91 Å². The fourth-order valence-corrected chi connectivity index (χ4v) is 3.41. The SMILES string of the molecule is CN(C)C(=O)c1cccnc1NCCCN1CCN(c2ccccc2O)CC1. The minimum Gasteiger partial charge on any atom is -0.506 e. The van der Waals surface area contributed by atoms with E-state index in [9.17, 15) is 9.90 Å². The van der Waals surface area contributed by atoms with Crippen LogP contribution in [0.3, 0.4) is 0 Å². The molecular weight excluding hydrogens is 354 g/mol. The van der Waals surface area contributed by atoms with E-state index in [1.165, 1.54) is 0 Å². The number of hydrogen-bond acceptors (Lipinski definition) is 6. The summed E-state index contributed by atoms with van der Waals surface area (Å²) in [6, 6.07) is 11.1. The van der Waals surface area contributed by atoms with Crippen LogP contribution in [-0.2, 0) is 0 Å². The number of carbonyl (C=O) groups excluding carboxylic acids is 1. The summed E-state index contributed by atoms with van der Waals surface area (Å²) in [5.74, 6) is 0.944. The maximum Gasteiger partial charge on any atom is 0.257 e. The first-order chi connectivity index (χ1) is 13.6. The predicted octanol–water partition coefficient (Wildman–Crippen LogP) is 2.11. The third kappa shape index (κ3) is 4.92. The molecule has 1 amide bonds. The average Bonchev–Trinajstić information content (AvgIpc) is 2.72. The number of nitrogens with zero attached hydrogens (tertiary/aromatic N) is 4. The number of aromatic nitrogens is 1. The summed E-state index contributed by atoms with van der Waals surface area (Å²) in [4.78, 5) is 22.8. The highest BCUT2D eigenvalue weighted by molar-refractivity contribution is 5.98. The fraction of sp³-hybridized carbons (Fsp3) is 0.429. The number of aromatic hydroxyl groups is 1. The van der Waals surface area contributed by atoms with Gasteiger partial charge in [-0.05, 0) is 37.2 Å². The van der Waals surface area contributed by atoms with Gasteiger partial charge in [-0.1, -0.05) is 12.1 Å². The maximum absolute atomic E-state index is 12.2. The van der Waals surface area contributed by atoms with Gasteiger partial charge in [-0.15, -0.1) is 0 Å². The molecule has 0 saturated carbocycles. The molecule has 0 atom stereocenters. The van der Waals surface area contributed by atoms with E-state index in [1.54, 1.807) is 43.4 Å². The van der Waals surface area contributed by atoms with Gasteiger partial charge in [0.2, 0.25) is 0 Å². The van der Waals surface area contributed by atoms with Crippen LogP contribution in [0.2, 0.25) is 0 Å². The number of pyridine rings is 1. The Balaban J connectivity index is 1.43. The number of para-hydroxylation sites is 2. The first-order valence-corrected chi connectivity index (χ1v) is 9.72. The molecular formula is C21H29N5O2. The van der Waals surface area contributed by atoms with Gasteiger partial charge in [0.1, 0.15) is 11.6 Å². The summed E-state index contributed by atoms with van der Waals surface area (Å²) in [5.41, 5.74) is 1.51. The molecule has 2 aromatic rings. The monoisotopic (exact) mass is 383 g/mol. The Morgan fingerprint density at radius 2 is 1.89 bits per heavy atom. The number of nitrogens with one attached hydrogen (secondary N) is 1. The van der Waals surface area contributed by atoms with Gasteiger partial charge in [-0.2, -0.15) is 0 Å². The van der Waals surface area contributed by atoms with Crippen molar-refractivity contribution in [2.24, 2.45) is 0 Å². The number of piperazine rings is 1. The molecule has 1 aliphatic rings. The van der Waals surface area contributed by atoms with E-state index in [1.807, 2.05) is 18.2 Å². The number of phenolic OH excluding ortho intramolecular Hbond substituents is 1. The van der Waals surface area contributed by atoms with E-state index >= 15 is 0 Å². The molecule has 150 valence electrons. The maximum atomic E-state index is 12.2. The van der Waals surface area contributed by atoms with Gasteiger partial charge in [-0.3, -0.25) is 9.69 Å². The van der Waals surface area contributed by atoms with Crippen molar-refractivity contribution in [2.75, 3.05) is 63.6 Å². The van der Waals surface area contributed by atoms with Crippen molar-refractivity contribution < 1.29 is 9.90 Å². The Labute approximate surface area is 166 Å². The van der Waals surface area contributed by atoms with E-state index in [0.29, 0.717) is 17.1 Å². The van der Waals surface area contributed by atoms with Crippen molar-refractivity contribution in [3.8, 4) is 5.75 Å². The molecule has 1 fully saturated rings. The van der Waals surface area contributed by atoms with Crippen molar-refractivity contribution in [3.63, 3.8) is 0 Å². The summed E-state index contributed by atoms with van der Waals surface area (Å²) in [6.07, 6.45) is 2.68. The number of rotatable bonds is 7. The van der Waals surface area contributed by atoms with Crippen LogP contribution in [0.15, 0.2) is 42.6 Å². The highest BCUT2D eigenvalue weighted by atomic mass is 16.3. The third-order valence-electron chi connectivity index (χ3n) is 4.98. The molecule has 0 spiro atoms. The molecule has 1 aliphatic heterocycles. The molecule has 1 aromatic carbocycles. The fourth-order valence-electron chi connectivity index (χ4n) is 3.41. The molecule has 0 bridgehead atoms. The Morgan fingerprint density at radius 3 is 2.61 bits per heavy atom. The van der Waals surface area contributed by atoms with Gasteiger partial charge in [0, 0.05) is 53.0 Å². The second-order valence-corrected chi connectivity index (χ2v) is 7.20. The summed E-state index contributed by atoms with van der Waals surface area (Å²) in [5, 5.41) is 13.3. The highest BCUT2D eigenvalue weighted by Crippen LogP contribution is 2.27. The van der Waals surface area contributed by atoms with Crippen LogP contribution < -0.4 is 10.2 Å². The molecule has 0 unspecified atom stereocenters. The van der Waals surface area contributed by atoms with Crippen LogP contribution in [0.1, 0.15) is 16.8 Å². The number of hydrogen-bond donors (Lipinski definition) is 2. The summed E-state index contributed by atoms with van der Waals surface area (Å²) in [7, 11) is 3.49. The van der Waals surface area contributed by atoms with E-state index < -0.39 is 0 Å². The molecule has 7 nitrogen and oxygen atoms in total. The molecule has 0 aliphatic carbocycles. The van der Waals surface area contributed by atoms with E-state index in [-0.39, 0.29) is 5.91 Å². The molecule has 1 saturated heterocycles. The average molecular weight is 383 g/mol. The lowest BCUT2D eigenvalue weighted by Crippen LogP contribution is -2.46. The van der Waals surface area contributed by atoms with Crippen LogP contribution in [0.4, 0.5) is 11.5 Å². The molecule has 0 radical (unpaired) electrons. The minimum absolute atomic E-state index is 0.0455. The summed E-state index contributed by atoms with van der Waals surface area (Å²) < 4.78 is 0. The predicted molar refractivity (Wildman–Crippen MR) is 112 cm³/mol. The Morgan fingerprint density at radius 1 is 1.14 bits per heavy atom. The zero-order chi connectivity index (χ0) is 19.9. The zero-order valence-corrected chi connectivity index (χ0v) is 16.6. The molecule has 3 rings (SSSR count). The molecule has 7 heteroatoms. The van der Waals surface area contributed by atoms with Crippen LogP contribution in [0, 0.1) is 0 Å². The van der Waals surface area contributed by atoms with Gasteiger partial charge >= 0.3 is 0 Å². The topological polar surface area (TPSA) is 71.9 Å². The lowest BCUT2D eigenvalue weighted by atomic mass is 10.2. The van der Waals surface area contributed by atoms with E-state index in [2.05, 4.69) is 20.1 Å². The first-order valence-electron chi connectivity index (χ1n) is 9.72. The second-order valence-electron chi connectivity index (χ2n) is 7.20. The standard InChI is InChI=1S/C21H29N5O2/c1-24(2)21(28)17-7-5-10-22-20(17)23-11-6-12-25-13-15-26(16-14-25)18-8-3-4-9-19(18)27/h3-5,7-10,27H,6,11-16H2,1-2H3,(H,22,23). The Hall–Kier alpha value is -2.80.